The van der Waals surface area contributed by atoms with Gasteiger partial charge in [0.05, 0.1) is 19.1 Å². The molecule has 17 heavy (non-hydrogen) atoms. The third-order valence-electron chi connectivity index (χ3n) is 1.97. The highest BCUT2D eigenvalue weighted by Gasteiger charge is 2.10. The van der Waals surface area contributed by atoms with Gasteiger partial charge in [-0.2, -0.15) is 0 Å². The van der Waals surface area contributed by atoms with E-state index < -0.39 is 6.10 Å². The van der Waals surface area contributed by atoms with E-state index in [4.69, 9.17) is 32.7 Å². The molecule has 0 amide bonds. The number of rotatable bonds is 6. The fourth-order valence-electron chi connectivity index (χ4n) is 1.28. The average Bonchev–Trinajstić information content (AvgIpc) is 2.27. The second kappa shape index (κ2) is 7.54. The first-order valence-electron chi connectivity index (χ1n) is 5.17. The molecular formula is C12H14Cl2O3. The Morgan fingerprint density at radius 2 is 2.24 bits per heavy atom. The van der Waals surface area contributed by atoms with Gasteiger partial charge in [0.2, 0.25) is 0 Å². The van der Waals surface area contributed by atoms with Crippen LogP contribution in [0.4, 0.5) is 0 Å². The maximum absolute atomic E-state index is 10.7. The maximum atomic E-state index is 10.7. The number of carbonyl (C=O) groups excluding carboxylic acids is 1. The van der Waals surface area contributed by atoms with E-state index in [2.05, 4.69) is 0 Å². The molecule has 1 rings (SSSR count). The van der Waals surface area contributed by atoms with Crippen molar-refractivity contribution in [2.75, 3.05) is 12.5 Å². The molecule has 0 heterocycles. The molecule has 1 aromatic carbocycles. The number of hydrogen-bond donors (Lipinski definition) is 0. The van der Waals surface area contributed by atoms with Crippen molar-refractivity contribution in [1.29, 1.82) is 0 Å². The van der Waals surface area contributed by atoms with Crippen molar-refractivity contribution in [3.8, 4) is 0 Å². The van der Waals surface area contributed by atoms with E-state index in [0.29, 0.717) is 11.6 Å². The number of benzene rings is 1. The van der Waals surface area contributed by atoms with Crippen molar-refractivity contribution in [3.05, 3.63) is 34.9 Å². The lowest BCUT2D eigenvalue weighted by Crippen LogP contribution is -2.23. The van der Waals surface area contributed by atoms with Crippen LogP contribution >= 0.6 is 23.2 Å². The van der Waals surface area contributed by atoms with Crippen LogP contribution in [0, 0.1) is 0 Å². The average molecular weight is 277 g/mol. The van der Waals surface area contributed by atoms with Crippen LogP contribution in [0.1, 0.15) is 12.5 Å². The van der Waals surface area contributed by atoms with Crippen LogP contribution in [0.5, 0.6) is 0 Å². The molecule has 94 valence electrons. The number of alkyl halides is 1. The minimum absolute atomic E-state index is 0.217. The fraction of sp³-hybridized carbons (Fsp3) is 0.417. The molecule has 1 aromatic rings. The molecule has 0 saturated heterocycles. The first-order valence-corrected chi connectivity index (χ1v) is 6.08. The molecule has 3 nitrogen and oxygen atoms in total. The summed E-state index contributed by atoms with van der Waals surface area (Å²) in [4.78, 5) is 10.7. The van der Waals surface area contributed by atoms with Crippen LogP contribution < -0.4 is 0 Å². The van der Waals surface area contributed by atoms with E-state index in [-0.39, 0.29) is 18.5 Å². The topological polar surface area (TPSA) is 35.5 Å². The Labute approximate surface area is 111 Å². The maximum Gasteiger partial charge on any atom is 0.303 e. The molecule has 0 spiro atoms. The lowest BCUT2D eigenvalue weighted by atomic mass is 10.2. The summed E-state index contributed by atoms with van der Waals surface area (Å²) >= 11 is 11.5. The fourth-order valence-corrected chi connectivity index (χ4v) is 1.64. The van der Waals surface area contributed by atoms with Crippen LogP contribution in [-0.2, 0) is 20.9 Å². The van der Waals surface area contributed by atoms with E-state index in [1.165, 1.54) is 6.92 Å². The predicted octanol–water partition coefficient (Wildman–Crippen LogP) is 3.03. The zero-order chi connectivity index (χ0) is 12.7. The summed E-state index contributed by atoms with van der Waals surface area (Å²) in [5.41, 5.74) is 0.966. The molecule has 0 N–H and O–H groups in total. The Morgan fingerprint density at radius 1 is 1.47 bits per heavy atom. The third-order valence-corrected chi connectivity index (χ3v) is 2.55. The molecule has 0 fully saturated rings. The van der Waals surface area contributed by atoms with Crippen LogP contribution in [-0.4, -0.2) is 24.6 Å². The van der Waals surface area contributed by atoms with Gasteiger partial charge >= 0.3 is 5.97 Å². The van der Waals surface area contributed by atoms with Crippen LogP contribution in [0.3, 0.4) is 0 Å². The first-order chi connectivity index (χ1) is 8.11. The molecule has 5 heteroatoms. The minimum Gasteiger partial charge on any atom is -0.459 e. The summed E-state index contributed by atoms with van der Waals surface area (Å²) in [5.74, 6) is -0.142. The molecule has 0 aliphatic heterocycles. The standard InChI is InChI=1S/C12H14Cl2O3/c1-9(15)17-12(6-13)8-16-7-10-3-2-4-11(14)5-10/h2-5,12H,6-8H2,1H3. The van der Waals surface area contributed by atoms with Crippen LogP contribution in [0.25, 0.3) is 0 Å². The Morgan fingerprint density at radius 3 is 2.82 bits per heavy atom. The summed E-state index contributed by atoms with van der Waals surface area (Å²) in [5, 5.41) is 0.667. The third kappa shape index (κ3) is 5.91. The van der Waals surface area contributed by atoms with Gasteiger partial charge in [-0.15, -0.1) is 11.6 Å². The predicted molar refractivity (Wildman–Crippen MR) is 67.4 cm³/mol. The molecule has 1 unspecified atom stereocenters. The summed E-state index contributed by atoms with van der Waals surface area (Å²) in [6, 6.07) is 7.38. The van der Waals surface area contributed by atoms with Gasteiger partial charge in [0.25, 0.3) is 0 Å². The molecule has 0 saturated carbocycles. The highest BCUT2D eigenvalue weighted by atomic mass is 35.5. The number of hydrogen-bond acceptors (Lipinski definition) is 3. The monoisotopic (exact) mass is 276 g/mol. The van der Waals surface area contributed by atoms with Crippen molar-refractivity contribution in [3.63, 3.8) is 0 Å². The smallest absolute Gasteiger partial charge is 0.303 e. The van der Waals surface area contributed by atoms with Gasteiger partial charge in [0.15, 0.2) is 0 Å². The normalized spacial score (nSPS) is 12.2. The molecule has 0 aliphatic rings. The Balaban J connectivity index is 2.33. The van der Waals surface area contributed by atoms with Gasteiger partial charge in [-0.3, -0.25) is 4.79 Å². The molecular weight excluding hydrogens is 263 g/mol. The van der Waals surface area contributed by atoms with E-state index in [0.717, 1.165) is 5.56 Å². The highest BCUT2D eigenvalue weighted by Crippen LogP contribution is 2.11. The first kappa shape index (κ1) is 14.3. The molecule has 0 aromatic heterocycles. The van der Waals surface area contributed by atoms with Gasteiger partial charge < -0.3 is 9.47 Å². The minimum atomic E-state index is -0.409. The number of halogens is 2. The Bertz CT molecular complexity index is 369. The Kier molecular flexibility index (Phi) is 6.34. The lowest BCUT2D eigenvalue weighted by Gasteiger charge is -2.14. The van der Waals surface area contributed by atoms with Gasteiger partial charge in [-0.05, 0) is 17.7 Å². The van der Waals surface area contributed by atoms with Gasteiger partial charge in [0, 0.05) is 11.9 Å². The summed E-state index contributed by atoms with van der Waals surface area (Å²) in [7, 11) is 0. The zero-order valence-corrected chi connectivity index (χ0v) is 11.0. The van der Waals surface area contributed by atoms with E-state index >= 15 is 0 Å². The summed E-state index contributed by atoms with van der Waals surface area (Å²) in [6.07, 6.45) is -0.409. The van der Waals surface area contributed by atoms with Crippen molar-refractivity contribution in [2.24, 2.45) is 0 Å². The van der Waals surface area contributed by atoms with Gasteiger partial charge in [-0.25, -0.2) is 0 Å². The molecule has 0 radical (unpaired) electrons. The van der Waals surface area contributed by atoms with Crippen LogP contribution in [0.15, 0.2) is 24.3 Å². The lowest BCUT2D eigenvalue weighted by molar-refractivity contribution is -0.148. The summed E-state index contributed by atoms with van der Waals surface area (Å²) < 4.78 is 10.3. The van der Waals surface area contributed by atoms with Crippen molar-refractivity contribution >= 4 is 29.2 Å². The molecule has 1 atom stereocenters. The number of esters is 1. The van der Waals surface area contributed by atoms with E-state index in [1.54, 1.807) is 6.07 Å². The zero-order valence-electron chi connectivity index (χ0n) is 9.49. The second-order valence-electron chi connectivity index (χ2n) is 3.53. The summed E-state index contributed by atoms with van der Waals surface area (Å²) in [6.45, 7) is 2.03. The number of carbonyl (C=O) groups is 1. The van der Waals surface area contributed by atoms with Crippen molar-refractivity contribution in [1.82, 2.24) is 0 Å². The van der Waals surface area contributed by atoms with Crippen LogP contribution in [0.2, 0.25) is 5.02 Å². The SMILES string of the molecule is CC(=O)OC(CCl)COCc1cccc(Cl)c1. The van der Waals surface area contributed by atoms with Gasteiger partial charge in [-0.1, -0.05) is 23.7 Å². The molecule has 0 bridgehead atoms. The highest BCUT2D eigenvalue weighted by molar-refractivity contribution is 6.30. The van der Waals surface area contributed by atoms with Crippen molar-refractivity contribution in [2.45, 2.75) is 19.6 Å². The Hall–Kier alpha value is -0.770. The van der Waals surface area contributed by atoms with E-state index in [9.17, 15) is 4.79 Å². The second-order valence-corrected chi connectivity index (χ2v) is 4.28. The quantitative estimate of drug-likeness (QED) is 0.592. The van der Waals surface area contributed by atoms with Gasteiger partial charge in [0.1, 0.15) is 6.10 Å². The number of ether oxygens (including phenoxy) is 2. The largest absolute Gasteiger partial charge is 0.459 e. The van der Waals surface area contributed by atoms with Crippen molar-refractivity contribution < 1.29 is 14.3 Å². The van der Waals surface area contributed by atoms with E-state index in [1.807, 2.05) is 18.2 Å². The molecule has 0 aliphatic carbocycles.